The summed E-state index contributed by atoms with van der Waals surface area (Å²) in [5.74, 6) is -0.731. The average molecular weight is 295 g/mol. The van der Waals surface area contributed by atoms with Gasteiger partial charge in [-0.3, -0.25) is 4.79 Å². The van der Waals surface area contributed by atoms with Gasteiger partial charge in [0, 0.05) is 18.3 Å². The summed E-state index contributed by atoms with van der Waals surface area (Å²) in [4.78, 5) is 15.5. The number of carbonyl (C=O) groups excluding carboxylic acids is 1. The van der Waals surface area contributed by atoms with E-state index in [1.165, 1.54) is 12.3 Å². The molecule has 0 saturated heterocycles. The van der Waals surface area contributed by atoms with E-state index in [2.05, 4.69) is 10.3 Å². The summed E-state index contributed by atoms with van der Waals surface area (Å²) in [5.41, 5.74) is 0.656. The lowest BCUT2D eigenvalue weighted by Crippen LogP contribution is -2.24. The van der Waals surface area contributed by atoms with E-state index in [-0.39, 0.29) is 17.3 Å². The Bertz CT molecular complexity index is 634. The van der Waals surface area contributed by atoms with Crippen LogP contribution in [0.2, 0.25) is 5.15 Å². The molecule has 20 heavy (non-hydrogen) atoms. The van der Waals surface area contributed by atoms with Crippen molar-refractivity contribution in [2.24, 2.45) is 0 Å². The summed E-state index contributed by atoms with van der Waals surface area (Å²) in [6, 6.07) is 8.53. The number of aromatic nitrogens is 1. The third-order valence-corrected chi connectivity index (χ3v) is 2.99. The van der Waals surface area contributed by atoms with Gasteiger partial charge in [-0.05, 0) is 12.1 Å². The zero-order valence-electron chi connectivity index (χ0n) is 10.7. The third-order valence-electron chi connectivity index (χ3n) is 2.72. The van der Waals surface area contributed by atoms with E-state index in [1.54, 1.807) is 13.2 Å². The first kappa shape index (κ1) is 14.3. The second-order valence-electron chi connectivity index (χ2n) is 3.96. The maximum Gasteiger partial charge on any atom is 0.254 e. The minimum absolute atomic E-state index is 0.139. The fourth-order valence-corrected chi connectivity index (χ4v) is 1.87. The SMILES string of the molecule is COc1ccccc1CNC(=O)c1ccnc(Cl)c1F. The zero-order valence-corrected chi connectivity index (χ0v) is 11.4. The van der Waals surface area contributed by atoms with Crippen LogP contribution in [0.1, 0.15) is 15.9 Å². The summed E-state index contributed by atoms with van der Waals surface area (Å²) >= 11 is 5.54. The van der Waals surface area contributed by atoms with Crippen LogP contribution in [0.25, 0.3) is 0 Å². The summed E-state index contributed by atoms with van der Waals surface area (Å²) in [7, 11) is 1.54. The lowest BCUT2D eigenvalue weighted by molar-refractivity contribution is 0.0946. The van der Waals surface area contributed by atoms with E-state index in [0.29, 0.717) is 5.75 Å². The molecule has 0 fully saturated rings. The van der Waals surface area contributed by atoms with Crippen molar-refractivity contribution in [3.05, 3.63) is 58.6 Å². The molecule has 0 aliphatic carbocycles. The highest BCUT2D eigenvalue weighted by atomic mass is 35.5. The molecule has 0 saturated carbocycles. The van der Waals surface area contributed by atoms with E-state index >= 15 is 0 Å². The summed E-state index contributed by atoms with van der Waals surface area (Å²) in [6.45, 7) is 0.224. The molecule has 0 aliphatic heterocycles. The molecule has 2 rings (SSSR count). The smallest absolute Gasteiger partial charge is 0.254 e. The van der Waals surface area contributed by atoms with Gasteiger partial charge in [0.2, 0.25) is 0 Å². The van der Waals surface area contributed by atoms with Crippen molar-refractivity contribution in [3.8, 4) is 5.75 Å². The molecule has 104 valence electrons. The van der Waals surface area contributed by atoms with Crippen molar-refractivity contribution in [3.63, 3.8) is 0 Å². The molecular weight excluding hydrogens is 283 g/mol. The van der Waals surface area contributed by atoms with Gasteiger partial charge in [0.05, 0.1) is 12.7 Å². The molecule has 1 aromatic heterocycles. The van der Waals surface area contributed by atoms with Gasteiger partial charge in [0.15, 0.2) is 11.0 Å². The standard InChI is InChI=1S/C14H12ClFN2O2/c1-20-11-5-3-2-4-9(11)8-18-14(19)10-6-7-17-13(15)12(10)16/h2-7H,8H2,1H3,(H,18,19). The number of methoxy groups -OCH3 is 1. The van der Waals surface area contributed by atoms with Crippen LogP contribution < -0.4 is 10.1 Å². The van der Waals surface area contributed by atoms with Crippen LogP contribution in [0, 0.1) is 5.82 Å². The van der Waals surface area contributed by atoms with Gasteiger partial charge in [-0.15, -0.1) is 0 Å². The molecule has 1 N–H and O–H groups in total. The first-order valence-corrected chi connectivity index (χ1v) is 6.21. The van der Waals surface area contributed by atoms with Crippen LogP contribution in [0.15, 0.2) is 36.5 Å². The Morgan fingerprint density at radius 1 is 1.40 bits per heavy atom. The molecule has 1 amide bonds. The van der Waals surface area contributed by atoms with E-state index in [1.807, 2.05) is 18.2 Å². The average Bonchev–Trinajstić information content (AvgIpc) is 2.48. The van der Waals surface area contributed by atoms with Crippen molar-refractivity contribution in [1.82, 2.24) is 10.3 Å². The monoisotopic (exact) mass is 294 g/mol. The van der Waals surface area contributed by atoms with Gasteiger partial charge in [0.1, 0.15) is 5.75 Å². The van der Waals surface area contributed by atoms with Crippen LogP contribution in [0.5, 0.6) is 5.75 Å². The number of nitrogens with one attached hydrogen (secondary N) is 1. The molecule has 0 bridgehead atoms. The fraction of sp³-hybridized carbons (Fsp3) is 0.143. The molecule has 1 heterocycles. The van der Waals surface area contributed by atoms with Crippen molar-refractivity contribution in [2.45, 2.75) is 6.54 Å². The quantitative estimate of drug-likeness (QED) is 0.882. The number of rotatable bonds is 4. The van der Waals surface area contributed by atoms with Crippen LogP contribution >= 0.6 is 11.6 Å². The van der Waals surface area contributed by atoms with Crippen LogP contribution in [0.3, 0.4) is 0 Å². The number of carbonyl (C=O) groups is 1. The Kier molecular flexibility index (Phi) is 4.53. The summed E-state index contributed by atoms with van der Waals surface area (Å²) in [6.07, 6.45) is 1.28. The minimum Gasteiger partial charge on any atom is -0.496 e. The van der Waals surface area contributed by atoms with Gasteiger partial charge in [-0.1, -0.05) is 29.8 Å². The van der Waals surface area contributed by atoms with Crippen molar-refractivity contribution < 1.29 is 13.9 Å². The Labute approximate surface area is 120 Å². The molecule has 0 aliphatic rings. The predicted octanol–water partition coefficient (Wildman–Crippen LogP) is 2.81. The predicted molar refractivity (Wildman–Crippen MR) is 73.4 cm³/mol. The van der Waals surface area contributed by atoms with Gasteiger partial charge in [-0.2, -0.15) is 0 Å². The number of halogens is 2. The number of amides is 1. The van der Waals surface area contributed by atoms with Crippen molar-refractivity contribution in [2.75, 3.05) is 7.11 Å². The highest BCUT2D eigenvalue weighted by Crippen LogP contribution is 2.18. The first-order chi connectivity index (χ1) is 9.63. The number of benzene rings is 1. The maximum atomic E-state index is 13.6. The second kappa shape index (κ2) is 6.34. The molecular formula is C14H12ClFN2O2. The Morgan fingerprint density at radius 3 is 2.90 bits per heavy atom. The summed E-state index contributed by atoms with van der Waals surface area (Å²) in [5, 5.41) is 2.29. The number of pyridine rings is 1. The molecule has 2 aromatic rings. The topological polar surface area (TPSA) is 51.2 Å². The van der Waals surface area contributed by atoms with E-state index in [9.17, 15) is 9.18 Å². The van der Waals surface area contributed by atoms with Crippen LogP contribution in [-0.4, -0.2) is 18.0 Å². The number of hydrogen-bond acceptors (Lipinski definition) is 3. The second-order valence-corrected chi connectivity index (χ2v) is 4.32. The van der Waals surface area contributed by atoms with Crippen LogP contribution in [-0.2, 0) is 6.54 Å². The molecule has 4 nitrogen and oxygen atoms in total. The van der Waals surface area contributed by atoms with Gasteiger partial charge in [0.25, 0.3) is 5.91 Å². The number of hydrogen-bond donors (Lipinski definition) is 1. The van der Waals surface area contributed by atoms with Gasteiger partial charge in [-0.25, -0.2) is 9.37 Å². The van der Waals surface area contributed by atoms with Gasteiger partial charge < -0.3 is 10.1 Å². The lowest BCUT2D eigenvalue weighted by atomic mass is 10.2. The normalized spacial score (nSPS) is 10.2. The molecule has 0 radical (unpaired) electrons. The number of ether oxygens (including phenoxy) is 1. The third kappa shape index (κ3) is 3.05. The Morgan fingerprint density at radius 2 is 2.15 bits per heavy atom. The van der Waals surface area contributed by atoms with E-state index in [4.69, 9.17) is 16.3 Å². The molecule has 0 atom stereocenters. The van der Waals surface area contributed by atoms with Crippen molar-refractivity contribution >= 4 is 17.5 Å². The fourth-order valence-electron chi connectivity index (χ4n) is 1.71. The Hall–Kier alpha value is -2.14. The van der Waals surface area contributed by atoms with Crippen molar-refractivity contribution in [1.29, 1.82) is 0 Å². The number of nitrogens with zero attached hydrogens (tertiary/aromatic N) is 1. The first-order valence-electron chi connectivity index (χ1n) is 5.83. The highest BCUT2D eigenvalue weighted by Gasteiger charge is 2.15. The van der Waals surface area contributed by atoms with E-state index < -0.39 is 11.7 Å². The van der Waals surface area contributed by atoms with Crippen LogP contribution in [0.4, 0.5) is 4.39 Å². The highest BCUT2D eigenvalue weighted by molar-refractivity contribution is 6.29. The van der Waals surface area contributed by atoms with E-state index in [0.717, 1.165) is 5.56 Å². The number of para-hydroxylation sites is 1. The lowest BCUT2D eigenvalue weighted by Gasteiger charge is -2.10. The minimum atomic E-state index is -0.827. The Balaban J connectivity index is 2.11. The zero-order chi connectivity index (χ0) is 14.5. The molecule has 0 unspecified atom stereocenters. The molecule has 1 aromatic carbocycles. The van der Waals surface area contributed by atoms with Gasteiger partial charge >= 0.3 is 0 Å². The largest absolute Gasteiger partial charge is 0.496 e. The summed E-state index contributed by atoms with van der Waals surface area (Å²) < 4.78 is 18.8. The maximum absolute atomic E-state index is 13.6. The molecule has 6 heteroatoms. The molecule has 0 spiro atoms.